The van der Waals surface area contributed by atoms with Crippen LogP contribution in [0, 0.1) is 30.3 Å². The molecule has 120 valence electrons. The quantitative estimate of drug-likeness (QED) is 0.375. The van der Waals surface area contributed by atoms with Gasteiger partial charge < -0.3 is 27.3 Å². The van der Waals surface area contributed by atoms with Crippen molar-refractivity contribution in [3.05, 3.63) is 36.7 Å². The zero-order valence-electron chi connectivity index (χ0n) is 10.9. The number of nitro benzene ring substituents is 2. The third-order valence-corrected chi connectivity index (χ3v) is 2.77. The Morgan fingerprint density at radius 2 is 1.43 bits per heavy atom. The van der Waals surface area contributed by atoms with Crippen LogP contribution in [0.3, 0.4) is 0 Å². The van der Waals surface area contributed by atoms with E-state index < -0.39 is 54.8 Å². The molecule has 15 heteroatoms. The van der Waals surface area contributed by atoms with Crippen molar-refractivity contribution in [2.45, 2.75) is 0 Å². The van der Waals surface area contributed by atoms with E-state index in [1.165, 1.54) is 0 Å². The lowest BCUT2D eigenvalue weighted by atomic mass is 10.1. The van der Waals surface area contributed by atoms with Crippen LogP contribution in [0.15, 0.2) is 6.33 Å². The van der Waals surface area contributed by atoms with E-state index in [4.69, 9.17) is 17.2 Å². The Kier molecular flexibility index (Phi) is 3.38. The number of hydrogen-bond donors (Lipinski definition) is 3. The van der Waals surface area contributed by atoms with Crippen LogP contribution in [0.25, 0.3) is 5.69 Å². The van der Waals surface area contributed by atoms with E-state index in [9.17, 15) is 30.3 Å². The number of nitrogens with two attached hydrogens (primary N) is 3. The molecule has 2 aromatic rings. The Balaban J connectivity index is 2.89. The molecule has 0 unspecified atom stereocenters. The second-order valence-corrected chi connectivity index (χ2v) is 4.05. The highest BCUT2D eigenvalue weighted by molar-refractivity contribution is 5.96. The van der Waals surface area contributed by atoms with Crippen LogP contribution in [0.4, 0.5) is 34.4 Å². The normalized spacial score (nSPS) is 10.4. The van der Waals surface area contributed by atoms with Gasteiger partial charge in [0.15, 0.2) is 11.4 Å². The van der Waals surface area contributed by atoms with Gasteiger partial charge in [-0.25, -0.2) is 0 Å². The third-order valence-electron chi connectivity index (χ3n) is 2.77. The van der Waals surface area contributed by atoms with Gasteiger partial charge in [0.2, 0.25) is 6.33 Å². The van der Waals surface area contributed by atoms with E-state index in [0.717, 1.165) is 6.33 Å². The van der Waals surface area contributed by atoms with Crippen molar-refractivity contribution in [1.29, 1.82) is 0 Å². The second kappa shape index (κ2) is 5.06. The molecule has 0 atom stereocenters. The monoisotopic (exact) mass is 325 g/mol. The Morgan fingerprint density at radius 1 is 0.870 bits per heavy atom. The molecule has 15 nitrogen and oxygen atoms in total. The van der Waals surface area contributed by atoms with Crippen LogP contribution in [-0.4, -0.2) is 29.5 Å². The predicted octanol–water partition coefficient (Wildman–Crippen LogP) is -0.262. The highest BCUT2D eigenvalue weighted by Gasteiger charge is 2.36. The van der Waals surface area contributed by atoms with E-state index in [1.807, 2.05) is 0 Å². The van der Waals surface area contributed by atoms with Crippen molar-refractivity contribution >= 4 is 34.4 Å². The van der Waals surface area contributed by atoms with Crippen molar-refractivity contribution < 1.29 is 14.8 Å². The van der Waals surface area contributed by atoms with Crippen LogP contribution < -0.4 is 17.2 Å². The van der Waals surface area contributed by atoms with Gasteiger partial charge in [0.25, 0.3) is 0 Å². The fourth-order valence-corrected chi connectivity index (χ4v) is 1.83. The molecule has 0 bridgehead atoms. The molecular formula is C8H7N9O6. The summed E-state index contributed by atoms with van der Waals surface area (Å²) in [6.45, 7) is 0. The Bertz CT molecular complexity index is 858. The molecule has 0 amide bonds. The number of aromatic nitrogens is 3. The molecule has 0 fully saturated rings. The summed E-state index contributed by atoms with van der Waals surface area (Å²) in [7, 11) is 0. The van der Waals surface area contributed by atoms with Gasteiger partial charge in [0.1, 0.15) is 5.69 Å². The highest BCUT2D eigenvalue weighted by atomic mass is 16.6. The average molecular weight is 325 g/mol. The molecule has 0 spiro atoms. The molecule has 1 aromatic carbocycles. The van der Waals surface area contributed by atoms with Gasteiger partial charge >= 0.3 is 17.3 Å². The summed E-state index contributed by atoms with van der Waals surface area (Å²) in [4.78, 5) is 33.0. The van der Waals surface area contributed by atoms with Crippen molar-refractivity contribution in [2.75, 3.05) is 17.2 Å². The van der Waals surface area contributed by atoms with Gasteiger partial charge in [0.05, 0.1) is 15.5 Å². The number of nitro groups is 3. The van der Waals surface area contributed by atoms with Crippen molar-refractivity contribution in [2.24, 2.45) is 0 Å². The van der Waals surface area contributed by atoms with Crippen LogP contribution in [-0.2, 0) is 0 Å². The summed E-state index contributed by atoms with van der Waals surface area (Å²) in [6, 6.07) is 0. The summed E-state index contributed by atoms with van der Waals surface area (Å²) >= 11 is 0. The molecule has 1 heterocycles. The first-order valence-electron chi connectivity index (χ1n) is 5.52. The van der Waals surface area contributed by atoms with Gasteiger partial charge in [-0.3, -0.25) is 20.2 Å². The van der Waals surface area contributed by atoms with Gasteiger partial charge in [-0.2, -0.15) is 0 Å². The second-order valence-electron chi connectivity index (χ2n) is 4.05. The number of nitrogens with zero attached hydrogens (tertiary/aromatic N) is 6. The minimum absolute atomic E-state index is 0.559. The Hall–Kier alpha value is -4.04. The average Bonchev–Trinajstić information content (AvgIpc) is 2.91. The summed E-state index contributed by atoms with van der Waals surface area (Å²) in [6.07, 6.45) is 0.765. The van der Waals surface area contributed by atoms with Crippen molar-refractivity contribution in [1.82, 2.24) is 14.8 Å². The highest BCUT2D eigenvalue weighted by Crippen LogP contribution is 2.45. The zero-order chi connectivity index (χ0) is 17.5. The lowest BCUT2D eigenvalue weighted by Gasteiger charge is -2.09. The van der Waals surface area contributed by atoms with Crippen molar-refractivity contribution in [3.8, 4) is 5.69 Å². The van der Waals surface area contributed by atoms with Gasteiger partial charge in [0, 0.05) is 5.10 Å². The van der Waals surface area contributed by atoms with Crippen LogP contribution in [0.2, 0.25) is 0 Å². The molecular weight excluding hydrogens is 318 g/mol. The van der Waals surface area contributed by atoms with Gasteiger partial charge in [-0.1, -0.05) is 4.98 Å². The van der Waals surface area contributed by atoms with Gasteiger partial charge in [-0.15, -0.1) is 4.68 Å². The molecule has 23 heavy (non-hydrogen) atoms. The topological polar surface area (TPSA) is 238 Å². The van der Waals surface area contributed by atoms with E-state index in [0.29, 0.717) is 4.68 Å². The maximum Gasteiger partial charge on any atom is 0.491 e. The van der Waals surface area contributed by atoms with E-state index in [2.05, 4.69) is 10.1 Å². The molecule has 0 saturated carbocycles. The fraction of sp³-hybridized carbons (Fsp3) is 0. The predicted molar refractivity (Wildman–Crippen MR) is 74.6 cm³/mol. The third kappa shape index (κ3) is 2.26. The molecule has 0 aliphatic heterocycles. The smallest absolute Gasteiger partial charge is 0.395 e. The van der Waals surface area contributed by atoms with Crippen LogP contribution >= 0.6 is 0 Å². The molecule has 0 saturated heterocycles. The first kappa shape index (κ1) is 15.4. The van der Waals surface area contributed by atoms with E-state index in [-0.39, 0.29) is 0 Å². The number of nitrogen functional groups attached to an aromatic ring is 3. The molecule has 1 aromatic heterocycles. The SMILES string of the molecule is Nc1c(N)c([N+](=O)[O-])c(N)c([N+](=O)[O-])c1-n1cnc([N+](=O)[O-])n1. The van der Waals surface area contributed by atoms with E-state index in [1.54, 1.807) is 0 Å². The Labute approximate surface area is 124 Å². The molecule has 2 rings (SSSR count). The van der Waals surface area contributed by atoms with Crippen LogP contribution in [0.5, 0.6) is 0 Å². The number of rotatable bonds is 4. The zero-order valence-corrected chi connectivity index (χ0v) is 10.9. The number of hydrogen-bond acceptors (Lipinski definition) is 11. The molecule has 0 aliphatic rings. The summed E-state index contributed by atoms with van der Waals surface area (Å²) in [5.41, 5.74) is 12.0. The summed E-state index contributed by atoms with van der Waals surface area (Å²) < 4.78 is 0.599. The minimum Gasteiger partial charge on any atom is -0.395 e. The van der Waals surface area contributed by atoms with Crippen LogP contribution in [0.1, 0.15) is 0 Å². The maximum absolute atomic E-state index is 11.2. The first-order chi connectivity index (χ1) is 10.7. The van der Waals surface area contributed by atoms with E-state index >= 15 is 0 Å². The lowest BCUT2D eigenvalue weighted by Crippen LogP contribution is -2.13. The molecule has 0 aliphatic carbocycles. The summed E-state index contributed by atoms with van der Waals surface area (Å²) in [5, 5.41) is 36.1. The standard InChI is InChI=1S/C8H7N9O6/c9-2-3(10)6(14-1-12-8(13-14)17(22)23)7(16(20)21)4(11)5(2)15(18)19/h1H,9-11H2. The maximum atomic E-state index is 11.2. The summed E-state index contributed by atoms with van der Waals surface area (Å²) in [5.74, 6) is -0.866. The lowest BCUT2D eigenvalue weighted by molar-refractivity contribution is -0.394. The molecule has 0 radical (unpaired) electrons. The largest absolute Gasteiger partial charge is 0.491 e. The Morgan fingerprint density at radius 3 is 1.87 bits per heavy atom. The molecule has 6 N–H and O–H groups in total. The fourth-order valence-electron chi connectivity index (χ4n) is 1.83. The minimum atomic E-state index is -1.04. The number of benzene rings is 1. The number of anilines is 3. The first-order valence-corrected chi connectivity index (χ1v) is 5.52. The van der Waals surface area contributed by atoms with Gasteiger partial charge in [-0.05, 0) is 4.92 Å². The van der Waals surface area contributed by atoms with Crippen molar-refractivity contribution in [3.63, 3.8) is 0 Å².